The molecule has 1 aromatic heterocycles. The predicted molar refractivity (Wildman–Crippen MR) is 118 cm³/mol. The Bertz CT molecular complexity index is 1190. The molecule has 3 rings (SSSR count). The highest BCUT2D eigenvalue weighted by Crippen LogP contribution is 2.21. The van der Waals surface area contributed by atoms with Crippen LogP contribution in [0, 0.1) is 5.82 Å². The third-order valence-electron chi connectivity index (χ3n) is 4.38. The number of carbonyl (C=O) groups is 2. The first-order chi connectivity index (χ1) is 15.2. The largest absolute Gasteiger partial charge is 0.478 e. The molecule has 0 aliphatic carbocycles. The van der Waals surface area contributed by atoms with Crippen LogP contribution in [0.25, 0.3) is 0 Å². The number of hydrogen-bond donors (Lipinski definition) is 3. The first-order valence-electron chi connectivity index (χ1n) is 9.55. The van der Waals surface area contributed by atoms with Crippen molar-refractivity contribution >= 4 is 38.4 Å². The number of thiazole rings is 1. The summed E-state index contributed by atoms with van der Waals surface area (Å²) in [6.45, 7) is 0.0458. The number of anilines is 1. The van der Waals surface area contributed by atoms with Gasteiger partial charge in [0, 0.05) is 30.5 Å². The molecular formula is C21H20FN3O5S2. The van der Waals surface area contributed by atoms with Crippen LogP contribution in [-0.4, -0.2) is 36.9 Å². The fourth-order valence-electron chi connectivity index (χ4n) is 2.75. The number of carbonyl (C=O) groups excluding carboxylic acids is 1. The second-order valence-corrected chi connectivity index (χ2v) is 9.70. The summed E-state index contributed by atoms with van der Waals surface area (Å²) in [6.07, 6.45) is 2.58. The van der Waals surface area contributed by atoms with Gasteiger partial charge in [0.2, 0.25) is 15.9 Å². The smallest absolute Gasteiger partial charge is 0.335 e. The quantitative estimate of drug-likeness (QED) is 0.385. The number of nitrogens with one attached hydrogen (secondary N) is 2. The molecule has 0 aliphatic rings. The number of nitrogens with zero attached hydrogens (tertiary/aromatic N) is 1. The molecule has 0 spiro atoms. The Balaban J connectivity index is 1.42. The monoisotopic (exact) mass is 477 g/mol. The summed E-state index contributed by atoms with van der Waals surface area (Å²) in [7, 11) is -3.80. The molecule has 1 amide bonds. The summed E-state index contributed by atoms with van der Waals surface area (Å²) >= 11 is 1.31. The van der Waals surface area contributed by atoms with Crippen LogP contribution in [0.4, 0.5) is 9.52 Å². The summed E-state index contributed by atoms with van der Waals surface area (Å²) in [6, 6.07) is 11.0. The van der Waals surface area contributed by atoms with Gasteiger partial charge in [-0.3, -0.25) is 4.79 Å². The topological polar surface area (TPSA) is 125 Å². The van der Waals surface area contributed by atoms with Gasteiger partial charge < -0.3 is 10.4 Å². The Morgan fingerprint density at radius 2 is 1.75 bits per heavy atom. The molecule has 32 heavy (non-hydrogen) atoms. The van der Waals surface area contributed by atoms with Gasteiger partial charge in [-0.25, -0.2) is 27.3 Å². The van der Waals surface area contributed by atoms with Crippen LogP contribution in [0.2, 0.25) is 0 Å². The van der Waals surface area contributed by atoms with Crippen molar-refractivity contribution in [3.05, 3.63) is 76.5 Å². The van der Waals surface area contributed by atoms with Gasteiger partial charge in [-0.05, 0) is 48.4 Å². The predicted octanol–water partition coefficient (Wildman–Crippen LogP) is 3.27. The number of aromatic nitrogens is 1. The van der Waals surface area contributed by atoms with Crippen LogP contribution in [0.3, 0.4) is 0 Å². The maximum absolute atomic E-state index is 13.0. The number of sulfonamides is 1. The van der Waals surface area contributed by atoms with Crippen molar-refractivity contribution in [1.82, 2.24) is 9.71 Å². The molecule has 8 nitrogen and oxygen atoms in total. The highest BCUT2D eigenvalue weighted by atomic mass is 32.2. The van der Waals surface area contributed by atoms with E-state index in [-0.39, 0.29) is 41.6 Å². The van der Waals surface area contributed by atoms with Crippen molar-refractivity contribution < 1.29 is 27.5 Å². The highest BCUT2D eigenvalue weighted by molar-refractivity contribution is 7.89. The SMILES string of the molecule is O=C(CCCNS(=O)(=O)c1ccc(C(=O)O)cc1)Nc1ncc(Cc2ccc(F)cc2)s1. The summed E-state index contributed by atoms with van der Waals surface area (Å²) in [4.78, 5) is 28.0. The number of rotatable bonds is 10. The lowest BCUT2D eigenvalue weighted by Gasteiger charge is -2.07. The Kier molecular flexibility index (Phi) is 7.67. The summed E-state index contributed by atoms with van der Waals surface area (Å²) in [5.74, 6) is -1.74. The number of carboxylic acid groups (broad SMARTS) is 1. The van der Waals surface area contributed by atoms with Gasteiger partial charge in [-0.15, -0.1) is 11.3 Å². The van der Waals surface area contributed by atoms with E-state index >= 15 is 0 Å². The fraction of sp³-hybridized carbons (Fsp3) is 0.190. The second kappa shape index (κ2) is 10.4. The minimum absolute atomic E-state index is 0.0105. The van der Waals surface area contributed by atoms with E-state index in [9.17, 15) is 22.4 Å². The number of amides is 1. The molecular weight excluding hydrogens is 457 g/mol. The van der Waals surface area contributed by atoms with E-state index in [4.69, 9.17) is 5.11 Å². The number of hydrogen-bond acceptors (Lipinski definition) is 6. The normalized spacial score (nSPS) is 11.3. The number of halogens is 1. The zero-order valence-corrected chi connectivity index (χ0v) is 18.4. The first kappa shape index (κ1) is 23.5. The van der Waals surface area contributed by atoms with Crippen LogP contribution >= 0.6 is 11.3 Å². The van der Waals surface area contributed by atoms with E-state index in [2.05, 4.69) is 15.0 Å². The highest BCUT2D eigenvalue weighted by Gasteiger charge is 2.15. The molecule has 0 atom stereocenters. The zero-order chi connectivity index (χ0) is 23.1. The van der Waals surface area contributed by atoms with Gasteiger partial charge >= 0.3 is 5.97 Å². The number of carboxylic acids is 1. The van der Waals surface area contributed by atoms with E-state index in [0.717, 1.165) is 10.4 Å². The van der Waals surface area contributed by atoms with Crippen LogP contribution < -0.4 is 10.0 Å². The lowest BCUT2D eigenvalue weighted by molar-refractivity contribution is -0.116. The Hall–Kier alpha value is -3.15. The fourth-order valence-corrected chi connectivity index (χ4v) is 4.68. The lowest BCUT2D eigenvalue weighted by Crippen LogP contribution is -2.25. The third-order valence-corrected chi connectivity index (χ3v) is 6.77. The van der Waals surface area contributed by atoms with E-state index in [1.54, 1.807) is 18.3 Å². The Labute approximate surface area is 188 Å². The van der Waals surface area contributed by atoms with Crippen molar-refractivity contribution in [1.29, 1.82) is 0 Å². The average molecular weight is 478 g/mol. The molecule has 11 heteroatoms. The molecule has 3 aromatic rings. The molecule has 168 valence electrons. The van der Waals surface area contributed by atoms with Gasteiger partial charge in [0.15, 0.2) is 5.13 Å². The third kappa shape index (κ3) is 6.67. The molecule has 1 heterocycles. The Morgan fingerprint density at radius 3 is 2.41 bits per heavy atom. The minimum Gasteiger partial charge on any atom is -0.478 e. The maximum atomic E-state index is 13.0. The molecule has 0 saturated carbocycles. The van der Waals surface area contributed by atoms with Gasteiger partial charge in [0.25, 0.3) is 0 Å². The molecule has 0 aliphatic heterocycles. The van der Waals surface area contributed by atoms with Gasteiger partial charge in [-0.1, -0.05) is 12.1 Å². The van der Waals surface area contributed by atoms with Crippen molar-refractivity contribution in [2.75, 3.05) is 11.9 Å². The minimum atomic E-state index is -3.80. The van der Waals surface area contributed by atoms with Gasteiger partial charge in [0.1, 0.15) is 5.82 Å². The molecule has 0 unspecified atom stereocenters. The van der Waals surface area contributed by atoms with E-state index < -0.39 is 16.0 Å². The summed E-state index contributed by atoms with van der Waals surface area (Å²) in [5, 5.41) is 12.0. The van der Waals surface area contributed by atoms with Crippen LogP contribution in [0.15, 0.2) is 59.6 Å². The van der Waals surface area contributed by atoms with Crippen LogP contribution in [-0.2, 0) is 21.2 Å². The second-order valence-electron chi connectivity index (χ2n) is 6.81. The van der Waals surface area contributed by atoms with Crippen molar-refractivity contribution in [3.63, 3.8) is 0 Å². The molecule has 0 fully saturated rings. The van der Waals surface area contributed by atoms with Gasteiger partial charge in [0.05, 0.1) is 10.5 Å². The van der Waals surface area contributed by atoms with E-state index in [1.807, 2.05) is 0 Å². The zero-order valence-electron chi connectivity index (χ0n) is 16.7. The molecule has 2 aromatic carbocycles. The molecule has 3 N–H and O–H groups in total. The number of aromatic carboxylic acids is 1. The maximum Gasteiger partial charge on any atom is 0.335 e. The summed E-state index contributed by atoms with van der Waals surface area (Å²) in [5.41, 5.74) is 0.918. The molecule has 0 bridgehead atoms. The molecule has 0 saturated heterocycles. The van der Waals surface area contributed by atoms with E-state index in [1.165, 1.54) is 47.7 Å². The summed E-state index contributed by atoms with van der Waals surface area (Å²) < 4.78 is 39.8. The first-order valence-corrected chi connectivity index (χ1v) is 11.8. The molecule has 0 radical (unpaired) electrons. The lowest BCUT2D eigenvalue weighted by atomic mass is 10.1. The standard InChI is InChI=1S/C21H20FN3O5S2/c22-16-7-3-14(4-8-16)12-17-13-23-21(31-17)25-19(26)2-1-11-24-32(29,30)18-9-5-15(6-10-18)20(27)28/h3-10,13,24H,1-2,11-12H2,(H,27,28)(H,23,25,26). The van der Waals surface area contributed by atoms with Crippen molar-refractivity contribution in [2.24, 2.45) is 0 Å². The van der Waals surface area contributed by atoms with Crippen LogP contribution in [0.1, 0.15) is 33.6 Å². The van der Waals surface area contributed by atoms with Crippen LogP contribution in [0.5, 0.6) is 0 Å². The average Bonchev–Trinajstić information content (AvgIpc) is 3.19. The van der Waals surface area contributed by atoms with Crippen molar-refractivity contribution in [2.45, 2.75) is 24.2 Å². The Morgan fingerprint density at radius 1 is 1.06 bits per heavy atom. The van der Waals surface area contributed by atoms with Crippen molar-refractivity contribution in [3.8, 4) is 0 Å². The van der Waals surface area contributed by atoms with Gasteiger partial charge in [-0.2, -0.15) is 0 Å². The van der Waals surface area contributed by atoms with E-state index in [0.29, 0.717) is 11.6 Å². The number of benzene rings is 2.